The number of benzene rings is 2. The Kier molecular flexibility index (Phi) is 6.72. The van der Waals surface area contributed by atoms with Crippen molar-refractivity contribution in [3.63, 3.8) is 0 Å². The number of hydrogen-bond acceptors (Lipinski definition) is 5. The second-order valence-corrected chi connectivity index (χ2v) is 8.83. The molecule has 0 radical (unpaired) electrons. The Balaban J connectivity index is 1.28. The van der Waals surface area contributed by atoms with E-state index >= 15 is 0 Å². The minimum Gasteiger partial charge on any atom is -0.469 e. The molecule has 2 aromatic carbocycles. The third-order valence-corrected chi connectivity index (χ3v) is 6.52. The molecule has 0 fully saturated rings. The number of furan rings is 1. The van der Waals surface area contributed by atoms with Gasteiger partial charge < -0.3 is 9.73 Å². The van der Waals surface area contributed by atoms with Crippen LogP contribution in [0.5, 0.6) is 0 Å². The number of rotatable bonds is 9. The third kappa shape index (κ3) is 5.21. The number of thioether (sulfide) groups is 1. The van der Waals surface area contributed by atoms with Crippen LogP contribution in [0.25, 0.3) is 11.2 Å². The molecule has 0 bridgehead atoms. The fraction of sp³-hybridized carbons (Fsp3) is 0.148. The van der Waals surface area contributed by atoms with Gasteiger partial charge in [0.15, 0.2) is 10.8 Å². The number of imidazole rings is 1. The summed E-state index contributed by atoms with van der Waals surface area (Å²) in [5.41, 5.74) is 4.71. The summed E-state index contributed by atoms with van der Waals surface area (Å²) in [6, 6.07) is 25.7. The SMILES string of the molecule is O=C(NCCc1ccco1)c1ccc(Cn2c(SCc3ccccc3)nc3cccnc32)cc1. The lowest BCUT2D eigenvalue weighted by molar-refractivity contribution is 0.0953. The Labute approximate surface area is 202 Å². The molecule has 0 saturated carbocycles. The molecule has 0 aliphatic carbocycles. The van der Waals surface area contributed by atoms with Gasteiger partial charge in [0.2, 0.25) is 0 Å². The van der Waals surface area contributed by atoms with Crippen molar-refractivity contribution in [1.29, 1.82) is 0 Å². The summed E-state index contributed by atoms with van der Waals surface area (Å²) in [6.07, 6.45) is 4.10. The second-order valence-electron chi connectivity index (χ2n) is 7.88. The highest BCUT2D eigenvalue weighted by molar-refractivity contribution is 7.98. The molecule has 7 heteroatoms. The molecule has 1 N–H and O–H groups in total. The van der Waals surface area contributed by atoms with Gasteiger partial charge in [0.1, 0.15) is 11.3 Å². The smallest absolute Gasteiger partial charge is 0.251 e. The van der Waals surface area contributed by atoms with Crippen LogP contribution in [0.4, 0.5) is 0 Å². The van der Waals surface area contributed by atoms with Gasteiger partial charge in [-0.2, -0.15) is 0 Å². The number of nitrogens with one attached hydrogen (secondary N) is 1. The lowest BCUT2D eigenvalue weighted by atomic mass is 10.1. The van der Waals surface area contributed by atoms with E-state index < -0.39 is 0 Å². The van der Waals surface area contributed by atoms with E-state index in [1.54, 1.807) is 24.2 Å². The molecule has 0 atom stereocenters. The van der Waals surface area contributed by atoms with Crippen molar-refractivity contribution in [2.75, 3.05) is 6.54 Å². The Morgan fingerprint density at radius 2 is 1.79 bits per heavy atom. The summed E-state index contributed by atoms with van der Waals surface area (Å²) in [6.45, 7) is 1.16. The first-order valence-electron chi connectivity index (χ1n) is 11.1. The van der Waals surface area contributed by atoms with Gasteiger partial charge in [0.25, 0.3) is 5.91 Å². The predicted molar refractivity (Wildman–Crippen MR) is 134 cm³/mol. The summed E-state index contributed by atoms with van der Waals surface area (Å²) in [7, 11) is 0. The number of carbonyl (C=O) groups excluding carboxylic acids is 1. The van der Waals surface area contributed by atoms with Crippen LogP contribution >= 0.6 is 11.8 Å². The van der Waals surface area contributed by atoms with E-state index in [1.165, 1.54) is 5.56 Å². The van der Waals surface area contributed by atoms with Gasteiger partial charge in [-0.15, -0.1) is 0 Å². The van der Waals surface area contributed by atoms with Crippen molar-refractivity contribution in [1.82, 2.24) is 19.9 Å². The quantitative estimate of drug-likeness (QED) is 0.296. The summed E-state index contributed by atoms with van der Waals surface area (Å²) < 4.78 is 7.44. The normalized spacial score (nSPS) is 11.1. The molecule has 6 nitrogen and oxygen atoms in total. The molecule has 3 heterocycles. The first-order valence-corrected chi connectivity index (χ1v) is 12.1. The highest BCUT2D eigenvalue weighted by Crippen LogP contribution is 2.27. The Bertz CT molecular complexity index is 1360. The maximum atomic E-state index is 12.5. The van der Waals surface area contributed by atoms with Crippen LogP contribution in [0.2, 0.25) is 0 Å². The average Bonchev–Trinajstić information content (AvgIpc) is 3.52. The molecule has 1 amide bonds. The zero-order valence-corrected chi connectivity index (χ0v) is 19.4. The van der Waals surface area contributed by atoms with E-state index in [4.69, 9.17) is 9.40 Å². The summed E-state index contributed by atoms with van der Waals surface area (Å²) >= 11 is 1.70. The molecule has 34 heavy (non-hydrogen) atoms. The molecule has 0 spiro atoms. The lowest BCUT2D eigenvalue weighted by Crippen LogP contribution is -2.25. The van der Waals surface area contributed by atoms with Crippen LogP contribution in [-0.2, 0) is 18.7 Å². The number of amides is 1. The number of nitrogens with zero attached hydrogens (tertiary/aromatic N) is 3. The highest BCUT2D eigenvalue weighted by Gasteiger charge is 2.13. The minimum atomic E-state index is -0.0908. The fourth-order valence-electron chi connectivity index (χ4n) is 3.71. The maximum absolute atomic E-state index is 12.5. The fourth-order valence-corrected chi connectivity index (χ4v) is 4.67. The molecule has 5 aromatic rings. The Morgan fingerprint density at radius 1 is 0.941 bits per heavy atom. The lowest BCUT2D eigenvalue weighted by Gasteiger charge is -2.10. The first kappa shape index (κ1) is 22.0. The van der Waals surface area contributed by atoms with Crippen molar-refractivity contribution < 1.29 is 9.21 Å². The van der Waals surface area contributed by atoms with Crippen molar-refractivity contribution in [3.8, 4) is 0 Å². The summed E-state index contributed by atoms with van der Waals surface area (Å²) in [4.78, 5) is 21.9. The van der Waals surface area contributed by atoms with E-state index in [0.717, 1.165) is 33.4 Å². The van der Waals surface area contributed by atoms with Gasteiger partial charge in [0, 0.05) is 30.5 Å². The molecule has 0 aliphatic rings. The number of fused-ring (bicyclic) bond motifs is 1. The predicted octanol–water partition coefficient (Wildman–Crippen LogP) is 5.34. The maximum Gasteiger partial charge on any atom is 0.251 e. The van der Waals surface area contributed by atoms with Crippen molar-refractivity contribution >= 4 is 28.8 Å². The molecule has 5 rings (SSSR count). The van der Waals surface area contributed by atoms with E-state index in [0.29, 0.717) is 25.1 Å². The number of pyridine rings is 1. The third-order valence-electron chi connectivity index (χ3n) is 5.47. The van der Waals surface area contributed by atoms with Crippen LogP contribution in [0.15, 0.2) is 101 Å². The Morgan fingerprint density at radius 3 is 2.59 bits per heavy atom. The van der Waals surface area contributed by atoms with Crippen LogP contribution in [0.3, 0.4) is 0 Å². The molecule has 0 unspecified atom stereocenters. The number of aromatic nitrogens is 3. The molecule has 0 saturated heterocycles. The second kappa shape index (κ2) is 10.4. The van der Waals surface area contributed by atoms with Crippen LogP contribution < -0.4 is 5.32 Å². The molecule has 3 aromatic heterocycles. The van der Waals surface area contributed by atoms with Crippen LogP contribution in [-0.4, -0.2) is 27.0 Å². The number of hydrogen-bond donors (Lipinski definition) is 1. The first-order chi connectivity index (χ1) is 16.8. The van der Waals surface area contributed by atoms with E-state index in [2.05, 4.69) is 39.1 Å². The van der Waals surface area contributed by atoms with Crippen molar-refractivity contribution in [2.24, 2.45) is 0 Å². The molecule has 170 valence electrons. The van der Waals surface area contributed by atoms with Gasteiger partial charge in [-0.3, -0.25) is 9.36 Å². The van der Waals surface area contributed by atoms with E-state index in [-0.39, 0.29) is 5.91 Å². The average molecular weight is 469 g/mol. The van der Waals surface area contributed by atoms with Crippen LogP contribution in [0.1, 0.15) is 27.2 Å². The van der Waals surface area contributed by atoms with Gasteiger partial charge >= 0.3 is 0 Å². The molecular weight excluding hydrogens is 444 g/mol. The van der Waals surface area contributed by atoms with Gasteiger partial charge in [-0.05, 0) is 47.5 Å². The standard InChI is InChI=1S/C27H24N4O2S/c32-26(29-16-14-23-8-5-17-33-23)22-12-10-20(11-13-22)18-31-25-24(9-4-15-28-25)30-27(31)34-19-21-6-2-1-3-7-21/h1-13,15,17H,14,16,18-19H2,(H,29,32). The zero-order chi connectivity index (χ0) is 23.2. The van der Waals surface area contributed by atoms with Gasteiger partial charge in [-0.1, -0.05) is 54.2 Å². The monoisotopic (exact) mass is 468 g/mol. The van der Waals surface area contributed by atoms with Gasteiger partial charge in [0.05, 0.1) is 12.8 Å². The molecule has 0 aliphatic heterocycles. The minimum absolute atomic E-state index is 0.0908. The van der Waals surface area contributed by atoms with Crippen molar-refractivity contribution in [2.45, 2.75) is 23.9 Å². The van der Waals surface area contributed by atoms with Gasteiger partial charge in [-0.25, -0.2) is 9.97 Å². The van der Waals surface area contributed by atoms with E-state index in [1.807, 2.05) is 54.6 Å². The Hall–Kier alpha value is -3.84. The largest absolute Gasteiger partial charge is 0.469 e. The summed E-state index contributed by atoms with van der Waals surface area (Å²) in [5, 5.41) is 3.87. The number of carbonyl (C=O) groups is 1. The van der Waals surface area contributed by atoms with Crippen LogP contribution in [0, 0.1) is 0 Å². The topological polar surface area (TPSA) is 73.0 Å². The van der Waals surface area contributed by atoms with E-state index in [9.17, 15) is 4.79 Å². The van der Waals surface area contributed by atoms with Crippen molar-refractivity contribution in [3.05, 3.63) is 114 Å². The summed E-state index contributed by atoms with van der Waals surface area (Å²) in [5.74, 6) is 1.60. The molecular formula is C27H24N4O2S. The highest BCUT2D eigenvalue weighted by atomic mass is 32.2. The zero-order valence-electron chi connectivity index (χ0n) is 18.6.